The molecule has 1 atom stereocenters. The van der Waals surface area contributed by atoms with Crippen molar-refractivity contribution in [3.8, 4) is 0 Å². The summed E-state index contributed by atoms with van der Waals surface area (Å²) in [5.74, 6) is 1.25. The van der Waals surface area contributed by atoms with Crippen molar-refractivity contribution in [1.29, 1.82) is 0 Å². The molecule has 18 heavy (non-hydrogen) atoms. The van der Waals surface area contributed by atoms with Crippen molar-refractivity contribution in [2.75, 3.05) is 11.1 Å². The number of aromatic nitrogens is 2. The molecule has 1 fully saturated rings. The number of fused-ring (bicyclic) bond motifs is 1. The topological polar surface area (TPSA) is 63.8 Å². The standard InChI is InChI=1S/C13H18N4S/c1-4-7-5-8-10(15-9-6-13(9,2)3)16-12(14)17-11(8)18-7/h5,9H,4,6H2,1-3H3,(H3,14,15,16,17). The van der Waals surface area contributed by atoms with Crippen molar-refractivity contribution in [1.82, 2.24) is 9.97 Å². The van der Waals surface area contributed by atoms with Crippen LogP contribution in [-0.2, 0) is 6.42 Å². The molecule has 96 valence electrons. The molecule has 3 rings (SSSR count). The highest BCUT2D eigenvalue weighted by molar-refractivity contribution is 7.18. The van der Waals surface area contributed by atoms with Gasteiger partial charge in [-0.3, -0.25) is 0 Å². The Morgan fingerprint density at radius 1 is 1.50 bits per heavy atom. The predicted molar refractivity (Wildman–Crippen MR) is 77.0 cm³/mol. The maximum atomic E-state index is 5.78. The summed E-state index contributed by atoms with van der Waals surface area (Å²) >= 11 is 1.70. The van der Waals surface area contributed by atoms with Crippen molar-refractivity contribution in [2.45, 2.75) is 39.7 Å². The Hall–Kier alpha value is -1.36. The lowest BCUT2D eigenvalue weighted by Gasteiger charge is -2.08. The monoisotopic (exact) mass is 262 g/mol. The summed E-state index contributed by atoms with van der Waals surface area (Å²) in [4.78, 5) is 11.0. The second-order valence-electron chi connectivity index (χ2n) is 5.61. The fourth-order valence-electron chi connectivity index (χ4n) is 2.15. The zero-order valence-electron chi connectivity index (χ0n) is 10.9. The van der Waals surface area contributed by atoms with E-state index in [9.17, 15) is 0 Å². The lowest BCUT2D eigenvalue weighted by atomic mass is 10.2. The van der Waals surface area contributed by atoms with Gasteiger partial charge in [0, 0.05) is 10.9 Å². The van der Waals surface area contributed by atoms with Crippen molar-refractivity contribution in [3.63, 3.8) is 0 Å². The first-order valence-electron chi connectivity index (χ1n) is 6.32. The first-order chi connectivity index (χ1) is 8.49. The van der Waals surface area contributed by atoms with Crippen LogP contribution in [0.3, 0.4) is 0 Å². The fourth-order valence-corrected chi connectivity index (χ4v) is 3.12. The van der Waals surface area contributed by atoms with Crippen LogP contribution >= 0.6 is 11.3 Å². The minimum atomic E-state index is 0.355. The molecule has 2 aromatic heterocycles. The molecular weight excluding hydrogens is 244 g/mol. The van der Waals surface area contributed by atoms with Gasteiger partial charge in [0.1, 0.15) is 10.6 Å². The average Bonchev–Trinajstić information content (AvgIpc) is 2.74. The molecule has 4 nitrogen and oxygen atoms in total. The maximum absolute atomic E-state index is 5.78. The first-order valence-corrected chi connectivity index (χ1v) is 7.14. The van der Waals surface area contributed by atoms with Gasteiger partial charge in [0.25, 0.3) is 0 Å². The number of aryl methyl sites for hydroxylation is 1. The Labute approximate surface area is 111 Å². The van der Waals surface area contributed by atoms with E-state index in [1.54, 1.807) is 11.3 Å². The van der Waals surface area contributed by atoms with Crippen molar-refractivity contribution >= 4 is 33.3 Å². The predicted octanol–water partition coefficient (Wildman–Crippen LogP) is 3.05. The molecule has 3 N–H and O–H groups in total. The molecule has 0 amide bonds. The van der Waals surface area contributed by atoms with Gasteiger partial charge in [-0.1, -0.05) is 20.8 Å². The number of nitrogen functional groups attached to an aromatic ring is 1. The number of thiophene rings is 1. The summed E-state index contributed by atoms with van der Waals surface area (Å²) in [6.45, 7) is 6.67. The van der Waals surface area contributed by atoms with Gasteiger partial charge in [0.05, 0.1) is 5.39 Å². The van der Waals surface area contributed by atoms with E-state index >= 15 is 0 Å². The van der Waals surface area contributed by atoms with Crippen LogP contribution in [-0.4, -0.2) is 16.0 Å². The third-order valence-electron chi connectivity index (χ3n) is 3.63. The Kier molecular flexibility index (Phi) is 2.48. The van der Waals surface area contributed by atoms with Crippen LogP contribution in [0.5, 0.6) is 0 Å². The molecule has 0 aromatic carbocycles. The van der Waals surface area contributed by atoms with Crippen LogP contribution in [0, 0.1) is 5.41 Å². The number of rotatable bonds is 3. The van der Waals surface area contributed by atoms with Crippen LogP contribution in [0.4, 0.5) is 11.8 Å². The van der Waals surface area contributed by atoms with E-state index in [4.69, 9.17) is 5.73 Å². The van der Waals surface area contributed by atoms with E-state index in [2.05, 4.69) is 42.1 Å². The largest absolute Gasteiger partial charge is 0.368 e. The smallest absolute Gasteiger partial charge is 0.223 e. The summed E-state index contributed by atoms with van der Waals surface area (Å²) in [6.07, 6.45) is 2.21. The Balaban J connectivity index is 2.01. The zero-order valence-corrected chi connectivity index (χ0v) is 11.8. The molecule has 1 aliphatic carbocycles. The third-order valence-corrected chi connectivity index (χ3v) is 4.81. The molecule has 0 bridgehead atoms. The second kappa shape index (κ2) is 3.82. The number of hydrogen-bond acceptors (Lipinski definition) is 5. The first kappa shape index (κ1) is 11.7. The zero-order chi connectivity index (χ0) is 12.9. The molecule has 0 aliphatic heterocycles. The maximum Gasteiger partial charge on any atom is 0.223 e. The van der Waals surface area contributed by atoms with Crippen molar-refractivity contribution < 1.29 is 0 Å². The Bertz CT molecular complexity index is 602. The van der Waals surface area contributed by atoms with Gasteiger partial charge in [-0.2, -0.15) is 4.98 Å². The minimum absolute atomic E-state index is 0.355. The number of nitrogens with one attached hydrogen (secondary N) is 1. The third kappa shape index (κ3) is 1.92. The van der Waals surface area contributed by atoms with Gasteiger partial charge >= 0.3 is 0 Å². The number of hydrogen-bond donors (Lipinski definition) is 2. The highest BCUT2D eigenvalue weighted by Crippen LogP contribution is 2.47. The van der Waals surface area contributed by atoms with E-state index in [1.807, 2.05) is 0 Å². The van der Waals surface area contributed by atoms with E-state index in [0.717, 1.165) is 22.5 Å². The lowest BCUT2D eigenvalue weighted by Crippen LogP contribution is -2.11. The molecule has 2 heterocycles. The second-order valence-corrected chi connectivity index (χ2v) is 6.72. The molecule has 0 radical (unpaired) electrons. The summed E-state index contributed by atoms with van der Waals surface area (Å²) in [5.41, 5.74) is 6.15. The van der Waals surface area contributed by atoms with Gasteiger partial charge in [-0.15, -0.1) is 11.3 Å². The highest BCUT2D eigenvalue weighted by atomic mass is 32.1. The summed E-state index contributed by atoms with van der Waals surface area (Å²) in [5, 5.41) is 4.61. The van der Waals surface area contributed by atoms with Gasteiger partial charge in [0.2, 0.25) is 5.95 Å². The van der Waals surface area contributed by atoms with Gasteiger partial charge in [0.15, 0.2) is 0 Å². The number of nitrogens with two attached hydrogens (primary N) is 1. The number of anilines is 2. The fraction of sp³-hybridized carbons (Fsp3) is 0.538. The van der Waals surface area contributed by atoms with E-state index in [0.29, 0.717) is 17.4 Å². The minimum Gasteiger partial charge on any atom is -0.368 e. The van der Waals surface area contributed by atoms with Crippen LogP contribution in [0.1, 0.15) is 32.1 Å². The molecule has 1 saturated carbocycles. The summed E-state index contributed by atoms with van der Waals surface area (Å²) < 4.78 is 0. The normalized spacial score (nSPS) is 21.2. The van der Waals surface area contributed by atoms with Crippen LogP contribution in [0.25, 0.3) is 10.2 Å². The quantitative estimate of drug-likeness (QED) is 0.892. The van der Waals surface area contributed by atoms with Gasteiger partial charge in [-0.25, -0.2) is 4.98 Å². The Morgan fingerprint density at radius 3 is 2.83 bits per heavy atom. The summed E-state index contributed by atoms with van der Waals surface area (Å²) in [6, 6.07) is 2.68. The van der Waals surface area contributed by atoms with Gasteiger partial charge < -0.3 is 11.1 Å². The lowest BCUT2D eigenvalue weighted by molar-refractivity contribution is 0.630. The molecule has 1 unspecified atom stereocenters. The number of nitrogens with zero attached hydrogens (tertiary/aromatic N) is 2. The molecule has 2 aromatic rings. The van der Waals surface area contributed by atoms with E-state index < -0.39 is 0 Å². The molecule has 5 heteroatoms. The van der Waals surface area contributed by atoms with Crippen LogP contribution in [0.2, 0.25) is 0 Å². The summed E-state index contributed by atoms with van der Waals surface area (Å²) in [7, 11) is 0. The molecule has 1 aliphatic rings. The molecule has 0 spiro atoms. The SMILES string of the molecule is CCc1cc2c(NC3CC3(C)C)nc(N)nc2s1. The van der Waals surface area contributed by atoms with E-state index in [1.165, 1.54) is 11.3 Å². The van der Waals surface area contributed by atoms with Crippen LogP contribution < -0.4 is 11.1 Å². The molecular formula is C13H18N4S. The van der Waals surface area contributed by atoms with Crippen LogP contribution in [0.15, 0.2) is 6.07 Å². The van der Waals surface area contributed by atoms with Gasteiger partial charge in [-0.05, 0) is 24.3 Å². The average molecular weight is 262 g/mol. The van der Waals surface area contributed by atoms with E-state index in [-0.39, 0.29) is 0 Å². The highest BCUT2D eigenvalue weighted by Gasteiger charge is 2.46. The van der Waals surface area contributed by atoms with Crippen molar-refractivity contribution in [2.24, 2.45) is 5.41 Å². The Morgan fingerprint density at radius 2 is 2.22 bits per heavy atom. The molecule has 0 saturated heterocycles. The van der Waals surface area contributed by atoms with Crippen molar-refractivity contribution in [3.05, 3.63) is 10.9 Å².